The largest absolute Gasteiger partial charge is 0.428 e. The van der Waals surface area contributed by atoms with Gasteiger partial charge in [-0.15, -0.1) is 0 Å². The Morgan fingerprint density at radius 2 is 1.56 bits per heavy atom. The van der Waals surface area contributed by atoms with Crippen molar-refractivity contribution in [3.05, 3.63) is 58.1 Å². The first-order valence-corrected chi connectivity index (χ1v) is 6.81. The van der Waals surface area contributed by atoms with E-state index in [1.807, 2.05) is 6.92 Å². The molecular weight excluding hydrogens is 252 g/mol. The molecule has 1 aromatic carbocycles. The molecule has 4 nitrogen and oxygen atoms in total. The zero-order chi connectivity index (χ0) is 13.3. The third-order valence-corrected chi connectivity index (χ3v) is 4.26. The molecule has 5 heteroatoms. The molecule has 0 atom stereocenters. The van der Waals surface area contributed by atoms with Crippen LogP contribution in [-0.4, -0.2) is 8.42 Å². The molecule has 0 saturated heterocycles. The Hall–Kier alpha value is -1.88. The highest BCUT2D eigenvalue weighted by atomic mass is 32.2. The van der Waals surface area contributed by atoms with Gasteiger partial charge in [-0.05, 0) is 32.0 Å². The first kappa shape index (κ1) is 12.6. The Morgan fingerprint density at radius 1 is 0.944 bits per heavy atom. The zero-order valence-electron chi connectivity index (χ0n) is 10.0. The van der Waals surface area contributed by atoms with E-state index in [0.29, 0.717) is 0 Å². The molecule has 0 aliphatic heterocycles. The van der Waals surface area contributed by atoms with Gasteiger partial charge in [-0.3, -0.25) is 0 Å². The van der Waals surface area contributed by atoms with E-state index in [4.69, 9.17) is 4.42 Å². The molecule has 0 saturated carbocycles. The second-order valence-corrected chi connectivity index (χ2v) is 5.99. The number of hydrogen-bond acceptors (Lipinski definition) is 4. The van der Waals surface area contributed by atoms with Gasteiger partial charge < -0.3 is 4.42 Å². The summed E-state index contributed by atoms with van der Waals surface area (Å²) in [5.41, 5.74) is 0.304. The highest BCUT2D eigenvalue weighted by Gasteiger charge is 2.18. The Bertz CT molecular complexity index is 724. The number of rotatable bonds is 2. The van der Waals surface area contributed by atoms with Crippen molar-refractivity contribution < 1.29 is 12.8 Å². The fourth-order valence-corrected chi connectivity index (χ4v) is 2.92. The Kier molecular flexibility index (Phi) is 3.09. The van der Waals surface area contributed by atoms with E-state index >= 15 is 0 Å². The number of hydrogen-bond donors (Lipinski definition) is 0. The maximum absolute atomic E-state index is 12.3. The Balaban J connectivity index is 2.61. The predicted molar refractivity (Wildman–Crippen MR) is 66.3 cm³/mol. The molecule has 2 aromatic rings. The minimum atomic E-state index is -3.66. The summed E-state index contributed by atoms with van der Waals surface area (Å²) < 4.78 is 29.3. The van der Waals surface area contributed by atoms with E-state index < -0.39 is 15.5 Å². The van der Waals surface area contributed by atoms with Gasteiger partial charge in [-0.25, -0.2) is 13.2 Å². The predicted octanol–water partition coefficient (Wildman–Crippen LogP) is 2.09. The van der Waals surface area contributed by atoms with Crippen LogP contribution in [0.3, 0.4) is 0 Å². The molecule has 0 aliphatic carbocycles. The molecule has 0 unspecified atom stereocenters. The van der Waals surface area contributed by atoms with Crippen LogP contribution >= 0.6 is 0 Å². The molecule has 1 heterocycles. The van der Waals surface area contributed by atoms with Crippen LogP contribution in [-0.2, 0) is 9.84 Å². The lowest BCUT2D eigenvalue weighted by Crippen LogP contribution is -2.07. The van der Waals surface area contributed by atoms with E-state index in [-0.39, 0.29) is 15.6 Å². The summed E-state index contributed by atoms with van der Waals surface area (Å²) in [5, 5.41) is 0. The van der Waals surface area contributed by atoms with Crippen LogP contribution in [0.1, 0.15) is 11.3 Å². The molecule has 0 bridgehead atoms. The van der Waals surface area contributed by atoms with Crippen LogP contribution in [0, 0.1) is 13.8 Å². The topological polar surface area (TPSA) is 64.3 Å². The van der Waals surface area contributed by atoms with Crippen molar-refractivity contribution in [3.63, 3.8) is 0 Å². The molecule has 0 aliphatic rings. The molecule has 18 heavy (non-hydrogen) atoms. The van der Waals surface area contributed by atoms with Crippen molar-refractivity contribution in [1.82, 2.24) is 0 Å². The van der Waals surface area contributed by atoms with Gasteiger partial charge in [0.2, 0.25) is 9.84 Å². The Morgan fingerprint density at radius 3 is 2.11 bits per heavy atom. The first-order chi connectivity index (χ1) is 8.39. The van der Waals surface area contributed by atoms with Gasteiger partial charge in [0.25, 0.3) is 0 Å². The van der Waals surface area contributed by atoms with Gasteiger partial charge in [0.1, 0.15) is 5.76 Å². The summed E-state index contributed by atoms with van der Waals surface area (Å²) in [7, 11) is -3.66. The molecule has 0 amide bonds. The fraction of sp³-hybridized carbons (Fsp3) is 0.154. The van der Waals surface area contributed by atoms with Crippen LogP contribution in [0.25, 0.3) is 0 Å². The number of benzene rings is 1. The Labute approximate surface area is 105 Å². The maximum Gasteiger partial charge on any atom is 0.337 e. The lowest BCUT2D eigenvalue weighted by atomic mass is 10.2. The van der Waals surface area contributed by atoms with Gasteiger partial charge in [0, 0.05) is 6.07 Å². The molecule has 0 N–H and O–H groups in total. The van der Waals surface area contributed by atoms with Crippen LogP contribution < -0.4 is 5.63 Å². The third-order valence-electron chi connectivity index (χ3n) is 2.51. The van der Waals surface area contributed by atoms with E-state index in [9.17, 15) is 13.2 Å². The standard InChI is InChI=1S/C13H12O4S/c1-9-3-5-11(6-4-9)18(15,16)12-7-10(2)17-13(14)8-12/h3-8H,1-2H3. The zero-order valence-corrected chi connectivity index (χ0v) is 10.8. The monoisotopic (exact) mass is 264 g/mol. The average Bonchev–Trinajstić information content (AvgIpc) is 2.28. The van der Waals surface area contributed by atoms with Gasteiger partial charge >= 0.3 is 5.63 Å². The molecular formula is C13H12O4S. The minimum Gasteiger partial charge on any atom is -0.428 e. The average molecular weight is 264 g/mol. The SMILES string of the molecule is Cc1ccc(S(=O)(=O)c2cc(C)oc(=O)c2)cc1. The molecule has 94 valence electrons. The summed E-state index contributed by atoms with van der Waals surface area (Å²) in [4.78, 5) is 11.3. The number of aryl methyl sites for hydroxylation is 2. The molecule has 0 radical (unpaired) electrons. The molecule has 2 rings (SSSR count). The first-order valence-electron chi connectivity index (χ1n) is 5.33. The summed E-state index contributed by atoms with van der Waals surface area (Å²) in [5.74, 6) is 0.271. The normalized spacial score (nSPS) is 11.4. The summed E-state index contributed by atoms with van der Waals surface area (Å²) in [6.45, 7) is 3.41. The summed E-state index contributed by atoms with van der Waals surface area (Å²) in [6, 6.07) is 8.80. The van der Waals surface area contributed by atoms with E-state index in [2.05, 4.69) is 0 Å². The quantitative estimate of drug-likeness (QED) is 0.833. The van der Waals surface area contributed by atoms with Crippen molar-refractivity contribution in [3.8, 4) is 0 Å². The number of sulfone groups is 1. The fourth-order valence-electron chi connectivity index (χ4n) is 1.58. The highest BCUT2D eigenvalue weighted by Crippen LogP contribution is 2.20. The molecule has 1 aromatic heterocycles. The van der Waals surface area contributed by atoms with Crippen molar-refractivity contribution in [1.29, 1.82) is 0 Å². The van der Waals surface area contributed by atoms with Gasteiger partial charge in [0.15, 0.2) is 0 Å². The smallest absolute Gasteiger partial charge is 0.337 e. The summed E-state index contributed by atoms with van der Waals surface area (Å²) in [6.07, 6.45) is 0. The van der Waals surface area contributed by atoms with E-state index in [1.54, 1.807) is 12.1 Å². The van der Waals surface area contributed by atoms with E-state index in [0.717, 1.165) is 11.6 Å². The summed E-state index contributed by atoms with van der Waals surface area (Å²) >= 11 is 0. The second-order valence-electron chi connectivity index (χ2n) is 4.04. The maximum atomic E-state index is 12.3. The van der Waals surface area contributed by atoms with Crippen molar-refractivity contribution in [2.24, 2.45) is 0 Å². The van der Waals surface area contributed by atoms with Crippen molar-refractivity contribution in [2.45, 2.75) is 23.6 Å². The van der Waals surface area contributed by atoms with Crippen molar-refractivity contribution >= 4 is 9.84 Å². The second kappa shape index (κ2) is 4.42. The molecule has 0 fully saturated rings. The van der Waals surface area contributed by atoms with Gasteiger partial charge in [-0.1, -0.05) is 17.7 Å². The van der Waals surface area contributed by atoms with Gasteiger partial charge in [0.05, 0.1) is 9.79 Å². The van der Waals surface area contributed by atoms with Crippen LogP contribution in [0.15, 0.2) is 55.4 Å². The lowest BCUT2D eigenvalue weighted by molar-refractivity contribution is 0.473. The highest BCUT2D eigenvalue weighted by molar-refractivity contribution is 7.91. The van der Waals surface area contributed by atoms with Crippen LogP contribution in [0.4, 0.5) is 0 Å². The third kappa shape index (κ3) is 2.36. The minimum absolute atomic E-state index is 0.0416. The van der Waals surface area contributed by atoms with E-state index in [1.165, 1.54) is 25.1 Å². The molecule has 0 spiro atoms. The van der Waals surface area contributed by atoms with Crippen LogP contribution in [0.2, 0.25) is 0 Å². The van der Waals surface area contributed by atoms with Crippen LogP contribution in [0.5, 0.6) is 0 Å². The lowest BCUT2D eigenvalue weighted by Gasteiger charge is -2.04. The van der Waals surface area contributed by atoms with Crippen molar-refractivity contribution in [2.75, 3.05) is 0 Å². The van der Waals surface area contributed by atoms with Gasteiger partial charge in [-0.2, -0.15) is 0 Å².